The lowest BCUT2D eigenvalue weighted by Gasteiger charge is -2.31. The van der Waals surface area contributed by atoms with Crippen LogP contribution in [0.3, 0.4) is 0 Å². The van der Waals surface area contributed by atoms with E-state index in [1.807, 2.05) is 31.2 Å². The van der Waals surface area contributed by atoms with Crippen molar-refractivity contribution in [2.24, 2.45) is 0 Å². The van der Waals surface area contributed by atoms with Gasteiger partial charge >= 0.3 is 0 Å². The number of aryl methyl sites for hydroxylation is 1. The van der Waals surface area contributed by atoms with Gasteiger partial charge in [-0.15, -0.1) is 0 Å². The molecular formula is C25H29N3O5S. The molecule has 1 fully saturated rings. The average molecular weight is 484 g/mol. The van der Waals surface area contributed by atoms with Crippen LogP contribution in [0.25, 0.3) is 0 Å². The third-order valence-electron chi connectivity index (χ3n) is 5.77. The summed E-state index contributed by atoms with van der Waals surface area (Å²) in [5.74, 6) is 0.258. The zero-order valence-corrected chi connectivity index (χ0v) is 19.9. The molecule has 0 aliphatic carbocycles. The Morgan fingerprint density at radius 3 is 2.38 bits per heavy atom. The molecule has 0 unspecified atom stereocenters. The molecule has 1 saturated heterocycles. The molecule has 1 amide bonds. The number of nitrogens with zero attached hydrogens (tertiary/aromatic N) is 1. The summed E-state index contributed by atoms with van der Waals surface area (Å²) < 4.78 is 38.2. The largest absolute Gasteiger partial charge is 0.468 e. The molecule has 2 heterocycles. The van der Waals surface area contributed by atoms with Gasteiger partial charge in [0.25, 0.3) is 5.91 Å². The molecule has 9 heteroatoms. The number of benzene rings is 2. The fourth-order valence-corrected chi connectivity index (χ4v) is 4.76. The van der Waals surface area contributed by atoms with Crippen LogP contribution < -0.4 is 10.0 Å². The number of morpholine rings is 1. The van der Waals surface area contributed by atoms with E-state index in [1.165, 1.54) is 30.5 Å². The third-order valence-corrected chi connectivity index (χ3v) is 7.19. The molecule has 2 N–H and O–H groups in total. The summed E-state index contributed by atoms with van der Waals surface area (Å²) in [6, 6.07) is 17.2. The first-order valence-electron chi connectivity index (χ1n) is 11.2. The van der Waals surface area contributed by atoms with Crippen molar-refractivity contribution in [3.8, 4) is 0 Å². The van der Waals surface area contributed by atoms with Crippen LogP contribution in [0.2, 0.25) is 0 Å². The molecule has 0 saturated carbocycles. The molecule has 1 atom stereocenters. The second-order valence-corrected chi connectivity index (χ2v) is 10.0. The average Bonchev–Trinajstić information content (AvgIpc) is 3.38. The Morgan fingerprint density at radius 2 is 1.74 bits per heavy atom. The van der Waals surface area contributed by atoms with Crippen LogP contribution in [0, 0.1) is 6.92 Å². The molecule has 8 nitrogen and oxygen atoms in total. The fourth-order valence-electron chi connectivity index (χ4n) is 3.76. The summed E-state index contributed by atoms with van der Waals surface area (Å²) in [5.41, 5.74) is 2.56. The number of ether oxygens (including phenoxy) is 1. The predicted octanol–water partition coefficient (Wildman–Crippen LogP) is 2.87. The van der Waals surface area contributed by atoms with Gasteiger partial charge in [0.15, 0.2) is 0 Å². The maximum absolute atomic E-state index is 13.0. The van der Waals surface area contributed by atoms with Gasteiger partial charge in [0.1, 0.15) is 5.76 Å². The molecule has 180 valence electrons. The summed E-state index contributed by atoms with van der Waals surface area (Å²) in [7, 11) is -3.73. The van der Waals surface area contributed by atoms with Gasteiger partial charge in [-0.2, -0.15) is 0 Å². The summed E-state index contributed by atoms with van der Waals surface area (Å²) in [4.78, 5) is 15.4. The maximum Gasteiger partial charge on any atom is 0.251 e. The standard InChI is InChI=1S/C25H29N3O5S/c1-19-4-6-20(7-5-19)24(18-28-12-15-32-16-13-28)27-25(29)21-8-10-23(11-9-21)34(30,31)26-17-22-3-2-14-33-22/h2-11,14,24,26H,12-13,15-18H2,1H3,(H,27,29)/t24-/m0/s1. The van der Waals surface area contributed by atoms with Gasteiger partial charge in [0.05, 0.1) is 37.0 Å². The van der Waals surface area contributed by atoms with E-state index in [1.54, 1.807) is 12.1 Å². The second kappa shape index (κ2) is 11.0. The van der Waals surface area contributed by atoms with Gasteiger partial charge in [-0.05, 0) is 48.9 Å². The smallest absolute Gasteiger partial charge is 0.251 e. The number of nitrogens with one attached hydrogen (secondary N) is 2. The Hall–Kier alpha value is -2.98. The Kier molecular flexibility index (Phi) is 7.79. The van der Waals surface area contributed by atoms with Crippen LogP contribution in [0.4, 0.5) is 0 Å². The van der Waals surface area contributed by atoms with E-state index in [4.69, 9.17) is 9.15 Å². The van der Waals surface area contributed by atoms with Crippen molar-refractivity contribution in [2.45, 2.75) is 24.4 Å². The molecule has 0 spiro atoms. The van der Waals surface area contributed by atoms with Crippen molar-refractivity contribution in [2.75, 3.05) is 32.8 Å². The minimum absolute atomic E-state index is 0.0529. The van der Waals surface area contributed by atoms with Crippen LogP contribution in [-0.2, 0) is 21.3 Å². The first-order chi connectivity index (χ1) is 16.4. The molecular weight excluding hydrogens is 454 g/mol. The highest BCUT2D eigenvalue weighted by atomic mass is 32.2. The van der Waals surface area contributed by atoms with Crippen molar-refractivity contribution in [3.05, 3.63) is 89.4 Å². The first-order valence-corrected chi connectivity index (χ1v) is 12.7. The molecule has 34 heavy (non-hydrogen) atoms. The zero-order chi connectivity index (χ0) is 24.0. The molecule has 3 aromatic rings. The molecule has 1 aliphatic rings. The van der Waals surface area contributed by atoms with E-state index in [0.29, 0.717) is 31.1 Å². The van der Waals surface area contributed by atoms with Crippen molar-refractivity contribution in [1.82, 2.24) is 14.9 Å². The summed E-state index contributed by atoms with van der Waals surface area (Å²) in [6.07, 6.45) is 1.49. The Balaban J connectivity index is 1.44. The molecule has 1 aliphatic heterocycles. The van der Waals surface area contributed by atoms with Crippen molar-refractivity contribution in [3.63, 3.8) is 0 Å². The Bertz CT molecular complexity index is 1170. The number of hydrogen-bond donors (Lipinski definition) is 2. The van der Waals surface area contributed by atoms with Crippen molar-refractivity contribution >= 4 is 15.9 Å². The lowest BCUT2D eigenvalue weighted by molar-refractivity contribution is 0.0332. The third kappa shape index (κ3) is 6.32. The lowest BCUT2D eigenvalue weighted by atomic mass is 10.0. The van der Waals surface area contributed by atoms with Gasteiger partial charge in [0, 0.05) is 25.2 Å². The number of carbonyl (C=O) groups is 1. The Morgan fingerprint density at radius 1 is 1.03 bits per heavy atom. The first kappa shape index (κ1) is 24.2. The van der Waals surface area contributed by atoms with Gasteiger partial charge in [-0.3, -0.25) is 9.69 Å². The van der Waals surface area contributed by atoms with Gasteiger partial charge in [0.2, 0.25) is 10.0 Å². The maximum atomic E-state index is 13.0. The SMILES string of the molecule is Cc1ccc([C@H](CN2CCOCC2)NC(=O)c2ccc(S(=O)(=O)NCc3ccco3)cc2)cc1. The fraction of sp³-hybridized carbons (Fsp3) is 0.320. The van der Waals surface area contributed by atoms with E-state index < -0.39 is 10.0 Å². The minimum Gasteiger partial charge on any atom is -0.468 e. The van der Waals surface area contributed by atoms with Crippen LogP contribution in [0.5, 0.6) is 0 Å². The quantitative estimate of drug-likeness (QED) is 0.485. The van der Waals surface area contributed by atoms with Gasteiger partial charge in [-0.1, -0.05) is 29.8 Å². The van der Waals surface area contributed by atoms with E-state index in [2.05, 4.69) is 14.9 Å². The molecule has 4 rings (SSSR count). The lowest BCUT2D eigenvalue weighted by Crippen LogP contribution is -2.43. The highest BCUT2D eigenvalue weighted by Gasteiger charge is 2.21. The van der Waals surface area contributed by atoms with Crippen molar-refractivity contribution in [1.29, 1.82) is 0 Å². The molecule has 0 bridgehead atoms. The van der Waals surface area contributed by atoms with Crippen LogP contribution in [-0.4, -0.2) is 52.1 Å². The minimum atomic E-state index is -3.73. The second-order valence-electron chi connectivity index (χ2n) is 8.28. The predicted molar refractivity (Wildman–Crippen MR) is 128 cm³/mol. The molecule has 0 radical (unpaired) electrons. The van der Waals surface area contributed by atoms with E-state index in [9.17, 15) is 13.2 Å². The zero-order valence-electron chi connectivity index (χ0n) is 19.1. The topological polar surface area (TPSA) is 101 Å². The highest BCUT2D eigenvalue weighted by molar-refractivity contribution is 7.89. The summed E-state index contributed by atoms with van der Waals surface area (Å²) >= 11 is 0. The number of hydrogen-bond acceptors (Lipinski definition) is 6. The number of sulfonamides is 1. The highest BCUT2D eigenvalue weighted by Crippen LogP contribution is 2.18. The van der Waals surface area contributed by atoms with Crippen LogP contribution >= 0.6 is 0 Å². The van der Waals surface area contributed by atoms with Gasteiger partial charge in [-0.25, -0.2) is 13.1 Å². The van der Waals surface area contributed by atoms with E-state index in [0.717, 1.165) is 24.2 Å². The van der Waals surface area contributed by atoms with Crippen LogP contribution in [0.15, 0.2) is 76.2 Å². The Labute approximate surface area is 200 Å². The summed E-state index contributed by atoms with van der Waals surface area (Å²) in [6.45, 7) is 5.74. The van der Waals surface area contributed by atoms with Crippen LogP contribution in [0.1, 0.15) is 33.3 Å². The number of rotatable bonds is 9. The number of amides is 1. The van der Waals surface area contributed by atoms with E-state index in [-0.39, 0.29) is 23.4 Å². The van der Waals surface area contributed by atoms with Crippen molar-refractivity contribution < 1.29 is 22.4 Å². The normalized spacial score (nSPS) is 15.7. The summed E-state index contributed by atoms with van der Waals surface area (Å²) in [5, 5.41) is 3.12. The number of carbonyl (C=O) groups excluding carboxylic acids is 1. The van der Waals surface area contributed by atoms with Gasteiger partial charge < -0.3 is 14.5 Å². The number of furan rings is 1. The molecule has 1 aromatic heterocycles. The van der Waals surface area contributed by atoms with E-state index >= 15 is 0 Å². The molecule has 2 aromatic carbocycles. The monoisotopic (exact) mass is 483 g/mol.